The molecule has 2 aromatic heterocycles. The summed E-state index contributed by atoms with van der Waals surface area (Å²) in [4.78, 5) is 16.1. The van der Waals surface area contributed by atoms with Crippen LogP contribution in [0.25, 0.3) is 5.88 Å². The SMILES string of the molecule is Cc1ncc(-n2cccc(NC(C)C)c2=O)o1. The van der Waals surface area contributed by atoms with E-state index in [0.29, 0.717) is 17.5 Å². The van der Waals surface area contributed by atoms with Gasteiger partial charge in [-0.25, -0.2) is 4.98 Å². The summed E-state index contributed by atoms with van der Waals surface area (Å²) < 4.78 is 6.77. The van der Waals surface area contributed by atoms with Crippen LogP contribution in [0.5, 0.6) is 0 Å². The average Bonchev–Trinajstić information content (AvgIpc) is 2.67. The molecule has 0 radical (unpaired) electrons. The van der Waals surface area contributed by atoms with E-state index < -0.39 is 0 Å². The fourth-order valence-electron chi connectivity index (χ4n) is 1.55. The predicted molar refractivity (Wildman–Crippen MR) is 65.6 cm³/mol. The summed E-state index contributed by atoms with van der Waals surface area (Å²) in [5, 5.41) is 3.09. The first-order valence-corrected chi connectivity index (χ1v) is 5.49. The summed E-state index contributed by atoms with van der Waals surface area (Å²) in [6, 6.07) is 3.75. The van der Waals surface area contributed by atoms with Gasteiger partial charge in [-0.05, 0) is 26.0 Å². The molecule has 0 saturated heterocycles. The minimum Gasteiger partial charge on any atom is -0.425 e. The summed E-state index contributed by atoms with van der Waals surface area (Å²) >= 11 is 0. The predicted octanol–water partition coefficient (Wildman–Crippen LogP) is 1.95. The molecule has 0 saturated carbocycles. The van der Waals surface area contributed by atoms with Crippen LogP contribution >= 0.6 is 0 Å². The Morgan fingerprint density at radius 1 is 1.47 bits per heavy atom. The van der Waals surface area contributed by atoms with E-state index in [1.807, 2.05) is 13.8 Å². The number of aromatic nitrogens is 2. The molecule has 2 heterocycles. The number of hydrogen-bond acceptors (Lipinski definition) is 4. The zero-order valence-electron chi connectivity index (χ0n) is 10.1. The van der Waals surface area contributed by atoms with Crippen LogP contribution in [0.2, 0.25) is 0 Å². The topological polar surface area (TPSA) is 60.1 Å². The van der Waals surface area contributed by atoms with Crippen LogP contribution in [0.1, 0.15) is 19.7 Å². The molecule has 0 aliphatic heterocycles. The highest BCUT2D eigenvalue weighted by atomic mass is 16.4. The lowest BCUT2D eigenvalue weighted by atomic mass is 10.3. The molecule has 5 heteroatoms. The van der Waals surface area contributed by atoms with E-state index in [1.54, 1.807) is 25.3 Å². The summed E-state index contributed by atoms with van der Waals surface area (Å²) in [7, 11) is 0. The molecule has 2 rings (SSSR count). The first kappa shape index (κ1) is 11.4. The number of oxazole rings is 1. The summed E-state index contributed by atoms with van der Waals surface area (Å²) in [5.41, 5.74) is 0.411. The Labute approximate surface area is 99.1 Å². The Bertz CT molecular complexity index is 569. The number of anilines is 1. The normalized spacial score (nSPS) is 10.8. The molecule has 0 unspecified atom stereocenters. The van der Waals surface area contributed by atoms with Crippen molar-refractivity contribution in [3.63, 3.8) is 0 Å². The molecule has 1 N–H and O–H groups in total. The second-order valence-electron chi connectivity index (χ2n) is 4.11. The van der Waals surface area contributed by atoms with Crippen LogP contribution < -0.4 is 10.9 Å². The number of aryl methyl sites for hydroxylation is 1. The minimum absolute atomic E-state index is 0.141. The number of nitrogens with one attached hydrogen (secondary N) is 1. The third kappa shape index (κ3) is 2.38. The van der Waals surface area contributed by atoms with E-state index in [0.717, 1.165) is 0 Å². The Morgan fingerprint density at radius 3 is 2.82 bits per heavy atom. The maximum absolute atomic E-state index is 12.1. The van der Waals surface area contributed by atoms with Crippen molar-refractivity contribution in [2.24, 2.45) is 0 Å². The maximum Gasteiger partial charge on any atom is 0.280 e. The third-order valence-electron chi connectivity index (χ3n) is 2.24. The zero-order valence-corrected chi connectivity index (χ0v) is 10.1. The molecular weight excluding hydrogens is 218 g/mol. The average molecular weight is 233 g/mol. The highest BCUT2D eigenvalue weighted by molar-refractivity contribution is 5.42. The lowest BCUT2D eigenvalue weighted by molar-refractivity contribution is 0.497. The third-order valence-corrected chi connectivity index (χ3v) is 2.24. The number of rotatable bonds is 3. The Balaban J connectivity index is 2.46. The lowest BCUT2D eigenvalue weighted by Crippen LogP contribution is -2.23. The molecule has 90 valence electrons. The lowest BCUT2D eigenvalue weighted by Gasteiger charge is -2.10. The van der Waals surface area contributed by atoms with Crippen LogP contribution in [0, 0.1) is 6.92 Å². The van der Waals surface area contributed by atoms with Crippen molar-refractivity contribution < 1.29 is 4.42 Å². The molecule has 0 atom stereocenters. The first-order valence-electron chi connectivity index (χ1n) is 5.49. The molecular formula is C12H15N3O2. The number of pyridine rings is 1. The molecule has 0 amide bonds. The largest absolute Gasteiger partial charge is 0.425 e. The molecule has 5 nitrogen and oxygen atoms in total. The van der Waals surface area contributed by atoms with Crippen molar-refractivity contribution in [3.05, 3.63) is 40.8 Å². The summed E-state index contributed by atoms with van der Waals surface area (Å²) in [5.74, 6) is 0.967. The van der Waals surface area contributed by atoms with Gasteiger partial charge in [-0.3, -0.25) is 9.36 Å². The summed E-state index contributed by atoms with van der Waals surface area (Å²) in [6.45, 7) is 5.70. The standard InChI is InChI=1S/C12H15N3O2/c1-8(2)14-10-5-4-6-15(12(10)16)11-7-13-9(3)17-11/h4-8,14H,1-3H3. The van der Waals surface area contributed by atoms with E-state index in [9.17, 15) is 4.79 Å². The molecule has 17 heavy (non-hydrogen) atoms. The van der Waals surface area contributed by atoms with Gasteiger partial charge in [0.25, 0.3) is 5.56 Å². The van der Waals surface area contributed by atoms with E-state index in [1.165, 1.54) is 10.8 Å². The number of hydrogen-bond donors (Lipinski definition) is 1. The van der Waals surface area contributed by atoms with Crippen molar-refractivity contribution >= 4 is 5.69 Å². The molecule has 0 spiro atoms. The van der Waals surface area contributed by atoms with Gasteiger partial charge in [-0.1, -0.05) is 0 Å². The van der Waals surface area contributed by atoms with Gasteiger partial charge in [0.05, 0.1) is 6.20 Å². The van der Waals surface area contributed by atoms with E-state index in [-0.39, 0.29) is 11.6 Å². The van der Waals surface area contributed by atoms with Crippen LogP contribution in [-0.2, 0) is 0 Å². The fourth-order valence-corrected chi connectivity index (χ4v) is 1.55. The zero-order chi connectivity index (χ0) is 12.4. The minimum atomic E-state index is -0.141. The molecule has 0 aromatic carbocycles. The second kappa shape index (κ2) is 4.45. The van der Waals surface area contributed by atoms with Gasteiger partial charge in [0, 0.05) is 19.2 Å². The second-order valence-corrected chi connectivity index (χ2v) is 4.11. The van der Waals surface area contributed by atoms with Gasteiger partial charge < -0.3 is 9.73 Å². The molecule has 0 aliphatic carbocycles. The van der Waals surface area contributed by atoms with Crippen molar-refractivity contribution in [1.29, 1.82) is 0 Å². The van der Waals surface area contributed by atoms with Gasteiger partial charge in [-0.15, -0.1) is 0 Å². The van der Waals surface area contributed by atoms with Crippen molar-refractivity contribution in [2.45, 2.75) is 26.8 Å². The van der Waals surface area contributed by atoms with Gasteiger partial charge in [0.2, 0.25) is 5.88 Å². The van der Waals surface area contributed by atoms with E-state index in [4.69, 9.17) is 4.42 Å². The van der Waals surface area contributed by atoms with Crippen LogP contribution in [0.3, 0.4) is 0 Å². The maximum atomic E-state index is 12.1. The van der Waals surface area contributed by atoms with Gasteiger partial charge >= 0.3 is 0 Å². The first-order chi connectivity index (χ1) is 8.08. The van der Waals surface area contributed by atoms with Gasteiger partial charge in [-0.2, -0.15) is 0 Å². The Kier molecular flexibility index (Phi) is 2.99. The number of nitrogens with zero attached hydrogens (tertiary/aromatic N) is 2. The van der Waals surface area contributed by atoms with Gasteiger partial charge in [0.15, 0.2) is 5.89 Å². The monoisotopic (exact) mass is 233 g/mol. The molecule has 0 aliphatic rings. The van der Waals surface area contributed by atoms with Gasteiger partial charge in [0.1, 0.15) is 5.69 Å². The smallest absolute Gasteiger partial charge is 0.280 e. The molecule has 0 bridgehead atoms. The fraction of sp³-hybridized carbons (Fsp3) is 0.333. The van der Waals surface area contributed by atoms with Crippen molar-refractivity contribution in [3.8, 4) is 5.88 Å². The highest BCUT2D eigenvalue weighted by Gasteiger charge is 2.08. The van der Waals surface area contributed by atoms with Crippen LogP contribution in [0.15, 0.2) is 33.7 Å². The Morgan fingerprint density at radius 2 is 2.24 bits per heavy atom. The summed E-state index contributed by atoms with van der Waals surface area (Å²) in [6.07, 6.45) is 3.20. The van der Waals surface area contributed by atoms with Crippen LogP contribution in [-0.4, -0.2) is 15.6 Å². The molecule has 2 aromatic rings. The van der Waals surface area contributed by atoms with Crippen molar-refractivity contribution in [2.75, 3.05) is 5.32 Å². The Hall–Kier alpha value is -2.04. The van der Waals surface area contributed by atoms with E-state index >= 15 is 0 Å². The van der Waals surface area contributed by atoms with Crippen LogP contribution in [0.4, 0.5) is 5.69 Å². The van der Waals surface area contributed by atoms with Crippen molar-refractivity contribution in [1.82, 2.24) is 9.55 Å². The highest BCUT2D eigenvalue weighted by Crippen LogP contribution is 2.09. The quantitative estimate of drug-likeness (QED) is 0.880. The van der Waals surface area contributed by atoms with E-state index in [2.05, 4.69) is 10.3 Å². The molecule has 0 fully saturated rings.